The molecule has 3 aromatic carbocycles. The summed E-state index contributed by atoms with van der Waals surface area (Å²) in [4.78, 5) is 24.9. The highest BCUT2D eigenvalue weighted by Gasteiger charge is 2.32. The third kappa shape index (κ3) is 6.52. The lowest BCUT2D eigenvalue weighted by Crippen LogP contribution is -2.46. The van der Waals surface area contributed by atoms with Gasteiger partial charge in [-0.2, -0.15) is 0 Å². The van der Waals surface area contributed by atoms with E-state index < -0.39 is 0 Å². The number of carbonyl (C=O) groups excluding carboxylic acids is 1. The SMILES string of the molecule is COc1cc2cc3c(cc2cc1OCCCCCCCN1CCN(c2ccc(Cl)cc2)CC1)N=C[C@@H]1CCCN1C3=O. The van der Waals surface area contributed by atoms with Crippen molar-refractivity contribution in [2.24, 2.45) is 4.99 Å². The zero-order chi connectivity index (χ0) is 28.9. The molecule has 0 bridgehead atoms. The maximum absolute atomic E-state index is 13.2. The Labute approximate surface area is 254 Å². The van der Waals surface area contributed by atoms with Crippen molar-refractivity contribution in [2.45, 2.75) is 51.0 Å². The number of unbranched alkanes of at least 4 members (excludes halogenated alkanes) is 4. The fourth-order valence-electron chi connectivity index (χ4n) is 6.40. The number of ether oxygens (including phenoxy) is 2. The van der Waals surface area contributed by atoms with Crippen molar-refractivity contribution in [3.8, 4) is 11.5 Å². The molecule has 0 N–H and O–H groups in total. The molecule has 0 aromatic heterocycles. The number of carbonyl (C=O) groups is 1. The fraction of sp³-hybridized carbons (Fsp3) is 0.471. The van der Waals surface area contributed by atoms with Gasteiger partial charge in [0.05, 0.1) is 31.0 Å². The van der Waals surface area contributed by atoms with Gasteiger partial charge >= 0.3 is 0 Å². The minimum atomic E-state index is 0.0722. The quantitative estimate of drug-likeness (QED) is 0.226. The van der Waals surface area contributed by atoms with Crippen LogP contribution in [0.25, 0.3) is 10.8 Å². The number of methoxy groups -OCH3 is 1. The molecule has 0 saturated carbocycles. The van der Waals surface area contributed by atoms with Gasteiger partial charge in [-0.05, 0) is 91.5 Å². The number of fused-ring (bicyclic) bond motifs is 3. The Balaban J connectivity index is 0.933. The van der Waals surface area contributed by atoms with Crippen LogP contribution in [-0.2, 0) is 0 Å². The Kier molecular flexibility index (Phi) is 9.15. The van der Waals surface area contributed by atoms with E-state index in [0.29, 0.717) is 17.9 Å². The van der Waals surface area contributed by atoms with Crippen molar-refractivity contribution >= 4 is 45.9 Å². The first-order valence-electron chi connectivity index (χ1n) is 15.5. The average molecular weight is 589 g/mol. The summed E-state index contributed by atoms with van der Waals surface area (Å²) >= 11 is 6.03. The monoisotopic (exact) mass is 588 g/mol. The Morgan fingerprint density at radius 2 is 1.62 bits per heavy atom. The Hall–Kier alpha value is -3.29. The molecule has 2 saturated heterocycles. The molecule has 2 fully saturated rings. The van der Waals surface area contributed by atoms with Gasteiger partial charge in [0, 0.05) is 49.6 Å². The van der Waals surface area contributed by atoms with E-state index in [1.165, 1.54) is 31.5 Å². The van der Waals surface area contributed by atoms with E-state index in [4.69, 9.17) is 26.1 Å². The number of anilines is 1. The second-order valence-electron chi connectivity index (χ2n) is 11.6. The maximum Gasteiger partial charge on any atom is 0.256 e. The second kappa shape index (κ2) is 13.3. The fourth-order valence-corrected chi connectivity index (χ4v) is 6.52. The molecule has 42 heavy (non-hydrogen) atoms. The van der Waals surface area contributed by atoms with Gasteiger partial charge in [-0.1, -0.05) is 30.9 Å². The molecule has 3 aromatic rings. The first-order chi connectivity index (χ1) is 20.6. The molecule has 3 aliphatic rings. The van der Waals surface area contributed by atoms with Crippen molar-refractivity contribution in [3.05, 3.63) is 59.1 Å². The number of rotatable bonds is 11. The number of benzene rings is 3. The molecule has 222 valence electrons. The number of aliphatic imine (C=N–C) groups is 1. The molecule has 1 atom stereocenters. The largest absolute Gasteiger partial charge is 0.493 e. The molecule has 8 heteroatoms. The van der Waals surface area contributed by atoms with Crippen LogP contribution in [0.1, 0.15) is 55.3 Å². The van der Waals surface area contributed by atoms with Crippen molar-refractivity contribution < 1.29 is 14.3 Å². The van der Waals surface area contributed by atoms with Crippen LogP contribution in [-0.4, -0.2) is 80.9 Å². The summed E-state index contributed by atoms with van der Waals surface area (Å²) in [6.45, 7) is 7.02. The maximum atomic E-state index is 13.2. The first-order valence-corrected chi connectivity index (χ1v) is 15.8. The zero-order valence-electron chi connectivity index (χ0n) is 24.6. The van der Waals surface area contributed by atoms with Gasteiger partial charge in [-0.3, -0.25) is 14.7 Å². The average Bonchev–Trinajstić information content (AvgIpc) is 3.45. The number of piperazine rings is 1. The normalized spacial score (nSPS) is 18.7. The summed E-state index contributed by atoms with van der Waals surface area (Å²) < 4.78 is 11.8. The Morgan fingerprint density at radius 3 is 2.43 bits per heavy atom. The first kappa shape index (κ1) is 28.8. The lowest BCUT2D eigenvalue weighted by atomic mass is 10.0. The van der Waals surface area contributed by atoms with Crippen LogP contribution < -0.4 is 14.4 Å². The van der Waals surface area contributed by atoms with Crippen molar-refractivity contribution in [1.82, 2.24) is 9.80 Å². The molecule has 3 heterocycles. The van der Waals surface area contributed by atoms with Crippen molar-refractivity contribution in [2.75, 3.05) is 57.9 Å². The molecule has 0 aliphatic carbocycles. The topological polar surface area (TPSA) is 57.6 Å². The van der Waals surface area contributed by atoms with E-state index in [0.717, 1.165) is 85.6 Å². The number of hydrogen-bond donors (Lipinski definition) is 0. The minimum Gasteiger partial charge on any atom is -0.493 e. The van der Waals surface area contributed by atoms with Crippen LogP contribution >= 0.6 is 11.6 Å². The summed E-state index contributed by atoms with van der Waals surface area (Å²) in [6, 6.07) is 16.2. The predicted molar refractivity (Wildman–Crippen MR) is 171 cm³/mol. The molecular formula is C34H41ClN4O3. The molecule has 6 rings (SSSR count). The molecule has 0 unspecified atom stereocenters. The summed E-state index contributed by atoms with van der Waals surface area (Å²) in [6.07, 6.45) is 9.84. The predicted octanol–water partition coefficient (Wildman–Crippen LogP) is 6.97. The van der Waals surface area contributed by atoms with Gasteiger partial charge in [-0.25, -0.2) is 0 Å². The molecule has 0 spiro atoms. The Bertz CT molecular complexity index is 1420. The summed E-state index contributed by atoms with van der Waals surface area (Å²) in [5.41, 5.74) is 2.67. The van der Waals surface area contributed by atoms with Crippen LogP contribution in [0.3, 0.4) is 0 Å². The van der Waals surface area contributed by atoms with Crippen molar-refractivity contribution in [1.29, 1.82) is 0 Å². The van der Waals surface area contributed by atoms with Crippen LogP contribution in [0.4, 0.5) is 11.4 Å². The Morgan fingerprint density at radius 1 is 0.881 bits per heavy atom. The zero-order valence-corrected chi connectivity index (χ0v) is 25.3. The van der Waals surface area contributed by atoms with Crippen LogP contribution in [0.5, 0.6) is 11.5 Å². The van der Waals surface area contributed by atoms with E-state index in [-0.39, 0.29) is 11.9 Å². The molecule has 3 aliphatic heterocycles. The lowest BCUT2D eigenvalue weighted by Gasteiger charge is -2.36. The van der Waals surface area contributed by atoms with Gasteiger partial charge in [0.2, 0.25) is 0 Å². The molecule has 1 amide bonds. The summed E-state index contributed by atoms with van der Waals surface area (Å²) in [5.74, 6) is 1.51. The molecular weight excluding hydrogens is 548 g/mol. The number of halogens is 1. The summed E-state index contributed by atoms with van der Waals surface area (Å²) in [7, 11) is 1.67. The smallest absolute Gasteiger partial charge is 0.256 e. The van der Waals surface area contributed by atoms with Crippen LogP contribution in [0, 0.1) is 0 Å². The van der Waals surface area contributed by atoms with Gasteiger partial charge in [0.1, 0.15) is 0 Å². The van der Waals surface area contributed by atoms with E-state index in [1.807, 2.05) is 47.5 Å². The highest BCUT2D eigenvalue weighted by molar-refractivity contribution is 6.30. The van der Waals surface area contributed by atoms with Gasteiger partial charge in [-0.15, -0.1) is 0 Å². The number of nitrogens with zero attached hydrogens (tertiary/aromatic N) is 4. The van der Waals surface area contributed by atoms with Crippen LogP contribution in [0.15, 0.2) is 53.5 Å². The minimum absolute atomic E-state index is 0.0722. The van der Waals surface area contributed by atoms with Crippen LogP contribution in [0.2, 0.25) is 5.02 Å². The second-order valence-corrected chi connectivity index (χ2v) is 12.1. The third-order valence-electron chi connectivity index (χ3n) is 8.85. The third-order valence-corrected chi connectivity index (χ3v) is 9.11. The van der Waals surface area contributed by atoms with E-state index >= 15 is 0 Å². The highest BCUT2D eigenvalue weighted by Crippen LogP contribution is 2.37. The van der Waals surface area contributed by atoms with Gasteiger partial charge in [0.15, 0.2) is 11.5 Å². The lowest BCUT2D eigenvalue weighted by molar-refractivity contribution is 0.0775. The number of hydrogen-bond acceptors (Lipinski definition) is 6. The highest BCUT2D eigenvalue weighted by atomic mass is 35.5. The van der Waals surface area contributed by atoms with E-state index in [1.54, 1.807) is 7.11 Å². The van der Waals surface area contributed by atoms with Gasteiger partial charge in [0.25, 0.3) is 5.91 Å². The number of amides is 1. The van der Waals surface area contributed by atoms with Crippen molar-refractivity contribution in [3.63, 3.8) is 0 Å². The van der Waals surface area contributed by atoms with E-state index in [9.17, 15) is 4.79 Å². The molecule has 0 radical (unpaired) electrons. The summed E-state index contributed by atoms with van der Waals surface area (Å²) in [5, 5.41) is 2.76. The molecule has 7 nitrogen and oxygen atoms in total. The standard InChI is InChI=1S/C34H41ClN4O3/c1-41-32-22-25-20-30-31(36-24-29-8-7-14-39(29)34(30)40)21-26(25)23-33(32)42-19-6-4-2-3-5-13-37-15-17-38(18-16-37)28-11-9-27(35)10-12-28/h9-12,20-24,29H,2-8,13-19H2,1H3/t29-/m0/s1. The van der Waals surface area contributed by atoms with Gasteiger partial charge < -0.3 is 19.3 Å². The van der Waals surface area contributed by atoms with E-state index in [2.05, 4.69) is 21.9 Å².